The summed E-state index contributed by atoms with van der Waals surface area (Å²) in [6.45, 7) is 0. The molecule has 16 heavy (non-hydrogen) atoms. The van der Waals surface area contributed by atoms with Gasteiger partial charge in [0.15, 0.2) is 0 Å². The van der Waals surface area contributed by atoms with Gasteiger partial charge in [-0.05, 0) is 62.2 Å². The topological polar surface area (TPSA) is 54.4 Å². The number of rotatable bonds is 0. The molecule has 0 aromatic heterocycles. The molecule has 4 aliphatic rings. The van der Waals surface area contributed by atoms with Crippen LogP contribution in [0.5, 0.6) is 0 Å². The van der Waals surface area contributed by atoms with Crippen molar-refractivity contribution in [2.45, 2.75) is 38.5 Å². The Kier molecular flexibility index (Phi) is 5.98. The molecule has 4 fully saturated rings. The molecule has 1 N–H and O–H groups in total. The summed E-state index contributed by atoms with van der Waals surface area (Å²) in [5, 5.41) is 0. The van der Waals surface area contributed by atoms with E-state index in [-0.39, 0.29) is 52.8 Å². The average molecular weight is 272 g/mol. The van der Waals surface area contributed by atoms with Crippen molar-refractivity contribution < 1.29 is 65.8 Å². The Morgan fingerprint density at radius 1 is 0.875 bits per heavy atom. The van der Waals surface area contributed by atoms with Crippen LogP contribution in [0.15, 0.2) is 0 Å². The van der Waals surface area contributed by atoms with Crippen molar-refractivity contribution in [2.24, 2.45) is 23.7 Å². The third-order valence-corrected chi connectivity index (χ3v) is 4.00. The maximum Gasteiger partial charge on any atom is 1.00 e. The van der Waals surface area contributed by atoms with E-state index in [4.69, 9.17) is 4.55 Å². The van der Waals surface area contributed by atoms with E-state index < -0.39 is 10.1 Å². The summed E-state index contributed by atoms with van der Waals surface area (Å²) in [7, 11) is -3.67. The van der Waals surface area contributed by atoms with Gasteiger partial charge in [-0.2, -0.15) is 8.42 Å². The first-order valence-corrected chi connectivity index (χ1v) is 7.67. The maximum absolute atomic E-state index is 9.19. The third-order valence-electron chi connectivity index (χ3n) is 4.00. The fourth-order valence-electron chi connectivity index (χ4n) is 3.98. The predicted octanol–water partition coefficient (Wildman–Crippen LogP) is -0.547. The van der Waals surface area contributed by atoms with Crippen molar-refractivity contribution in [2.75, 3.05) is 6.26 Å². The Labute approximate surface area is 142 Å². The van der Waals surface area contributed by atoms with Crippen LogP contribution in [0.25, 0.3) is 0 Å². The second-order valence-corrected chi connectivity index (χ2v) is 7.08. The molecule has 0 aromatic rings. The molecule has 4 bridgehead atoms. The summed E-state index contributed by atoms with van der Waals surface area (Å²) in [4.78, 5) is 0. The molecule has 90 valence electrons. The van der Waals surface area contributed by atoms with Crippen LogP contribution in [0.1, 0.15) is 40.0 Å². The summed E-state index contributed by atoms with van der Waals surface area (Å²) in [6, 6.07) is 0. The Bertz CT molecular complexity index is 267. The summed E-state index contributed by atoms with van der Waals surface area (Å²) < 4.78 is 25.9. The zero-order valence-electron chi connectivity index (χ0n) is 11.2. The summed E-state index contributed by atoms with van der Waals surface area (Å²) in [5.74, 6) is 4.71. The minimum atomic E-state index is -3.67. The zero-order valence-corrected chi connectivity index (χ0v) is 14.2. The van der Waals surface area contributed by atoms with Crippen LogP contribution in [-0.4, -0.2) is 19.2 Å². The van der Waals surface area contributed by atoms with E-state index in [1.54, 1.807) is 38.5 Å². The first-order valence-electron chi connectivity index (χ1n) is 5.82. The second kappa shape index (κ2) is 6.13. The van der Waals surface area contributed by atoms with Crippen molar-refractivity contribution in [3.63, 3.8) is 0 Å². The Morgan fingerprint density at radius 2 is 1.00 bits per heavy atom. The van der Waals surface area contributed by atoms with Crippen LogP contribution >= 0.6 is 0 Å². The molecule has 0 aliphatic heterocycles. The molecule has 3 nitrogen and oxygen atoms in total. The van der Waals surface area contributed by atoms with E-state index in [1.807, 2.05) is 0 Å². The molecule has 4 aliphatic carbocycles. The standard InChI is InChI=1S/C10H16.CH4O3S.K.H/c1-7-2-9-4-8(1)5-10(3-7)6-9;1-5(2,3)4;;/h7-10H,1-6H2;1H3,(H,2,3,4);;/q;;+1;-1. The molecule has 0 unspecified atom stereocenters. The molecule has 5 heteroatoms. The minimum Gasteiger partial charge on any atom is -1.00 e. The van der Waals surface area contributed by atoms with Gasteiger partial charge in [-0.1, -0.05) is 0 Å². The van der Waals surface area contributed by atoms with E-state index in [0.717, 1.165) is 0 Å². The van der Waals surface area contributed by atoms with Gasteiger partial charge in [0.25, 0.3) is 10.1 Å². The second-order valence-electron chi connectivity index (χ2n) is 5.61. The van der Waals surface area contributed by atoms with Crippen molar-refractivity contribution in [1.29, 1.82) is 0 Å². The molecule has 0 radical (unpaired) electrons. The first kappa shape index (κ1) is 15.6. The van der Waals surface area contributed by atoms with Crippen LogP contribution in [0, 0.1) is 23.7 Å². The summed E-state index contributed by atoms with van der Waals surface area (Å²) in [6.07, 6.45) is 10.3. The van der Waals surface area contributed by atoms with Gasteiger partial charge in [0.05, 0.1) is 6.26 Å². The number of hydrogen-bond acceptors (Lipinski definition) is 2. The van der Waals surface area contributed by atoms with Gasteiger partial charge in [0, 0.05) is 0 Å². The van der Waals surface area contributed by atoms with Gasteiger partial charge in [0.1, 0.15) is 0 Å². The van der Waals surface area contributed by atoms with E-state index in [2.05, 4.69) is 0 Å². The molecular weight excluding hydrogens is 251 g/mol. The van der Waals surface area contributed by atoms with Crippen molar-refractivity contribution in [1.82, 2.24) is 0 Å². The quantitative estimate of drug-likeness (QED) is 0.476. The average Bonchev–Trinajstić information content (AvgIpc) is 1.96. The fourth-order valence-corrected chi connectivity index (χ4v) is 3.98. The Balaban J connectivity index is 0.000000328. The van der Waals surface area contributed by atoms with Crippen molar-refractivity contribution in [3.8, 4) is 0 Å². The van der Waals surface area contributed by atoms with Gasteiger partial charge >= 0.3 is 51.4 Å². The smallest absolute Gasteiger partial charge is 1.00 e. The van der Waals surface area contributed by atoms with E-state index in [9.17, 15) is 8.42 Å². The maximum atomic E-state index is 9.19. The van der Waals surface area contributed by atoms with Crippen LogP contribution < -0.4 is 51.4 Å². The molecule has 0 spiro atoms. The van der Waals surface area contributed by atoms with Crippen LogP contribution in [0.3, 0.4) is 0 Å². The Morgan fingerprint density at radius 3 is 1.12 bits per heavy atom. The molecule has 0 saturated heterocycles. The normalized spacial score (nSPS) is 39.6. The van der Waals surface area contributed by atoms with Gasteiger partial charge in [-0.15, -0.1) is 0 Å². The van der Waals surface area contributed by atoms with E-state index >= 15 is 0 Å². The number of hydrogen-bond donors (Lipinski definition) is 1. The summed E-state index contributed by atoms with van der Waals surface area (Å²) in [5.41, 5.74) is 0. The Hall–Kier alpha value is 1.55. The molecule has 0 amide bonds. The summed E-state index contributed by atoms with van der Waals surface area (Å²) >= 11 is 0. The minimum absolute atomic E-state index is 0. The monoisotopic (exact) mass is 272 g/mol. The van der Waals surface area contributed by atoms with Crippen molar-refractivity contribution in [3.05, 3.63) is 0 Å². The molecule has 0 atom stereocenters. The van der Waals surface area contributed by atoms with E-state index in [1.165, 1.54) is 23.7 Å². The van der Waals surface area contributed by atoms with E-state index in [0.29, 0.717) is 6.26 Å². The van der Waals surface area contributed by atoms with Gasteiger partial charge in [-0.25, -0.2) is 0 Å². The molecule has 4 rings (SSSR count). The van der Waals surface area contributed by atoms with Gasteiger partial charge in [0.2, 0.25) is 0 Å². The zero-order chi connectivity index (χ0) is 11.1. The predicted molar refractivity (Wildman–Crippen MR) is 60.2 cm³/mol. The van der Waals surface area contributed by atoms with Crippen molar-refractivity contribution >= 4 is 10.1 Å². The molecular formula is C11H21KO3S. The third kappa shape index (κ3) is 5.04. The SMILES string of the molecule is C1C2CC3CC1CC(C2)C3.CS(=O)(=O)O.[H-].[K+]. The van der Waals surface area contributed by atoms with Crippen LogP contribution in [-0.2, 0) is 10.1 Å². The molecule has 0 aromatic carbocycles. The first-order chi connectivity index (χ1) is 6.90. The van der Waals surface area contributed by atoms with Gasteiger partial charge in [-0.3, -0.25) is 4.55 Å². The fraction of sp³-hybridized carbons (Fsp3) is 1.00. The molecule has 0 heterocycles. The van der Waals surface area contributed by atoms with Gasteiger partial charge < -0.3 is 1.43 Å². The van der Waals surface area contributed by atoms with Crippen LogP contribution in [0.2, 0.25) is 0 Å². The molecule has 4 saturated carbocycles. The van der Waals surface area contributed by atoms with Crippen LogP contribution in [0.4, 0.5) is 0 Å². The largest absolute Gasteiger partial charge is 1.00 e.